The maximum atomic E-state index is 12.3. The Balaban J connectivity index is 3.23. The highest BCUT2D eigenvalue weighted by atomic mass is 19.4. The third kappa shape index (κ3) is 2.69. The van der Waals surface area contributed by atoms with Crippen molar-refractivity contribution < 1.29 is 22.8 Å². The van der Waals surface area contributed by atoms with Crippen molar-refractivity contribution in [3.05, 3.63) is 39.4 Å². The molecular weight excluding hydrogens is 227 g/mol. The maximum absolute atomic E-state index is 12.3. The third-order valence-corrected chi connectivity index (χ3v) is 1.91. The highest BCUT2D eigenvalue weighted by molar-refractivity contribution is 5.43. The molecule has 0 spiro atoms. The quantitative estimate of drug-likeness (QED) is 0.597. The van der Waals surface area contributed by atoms with Gasteiger partial charge in [0.15, 0.2) is 0 Å². The highest BCUT2D eigenvalue weighted by Gasteiger charge is 2.32. The minimum Gasteiger partial charge on any atom is -0.380 e. The number of alkyl halides is 3. The standard InChI is InChI=1S/C9H8F3NO3/c1-16-5-6-2-3-7(9(10,11)12)4-8(6)13(14)15/h2-4H,5H2,1H3. The molecule has 0 heterocycles. The van der Waals surface area contributed by atoms with E-state index in [1.54, 1.807) is 0 Å². The van der Waals surface area contributed by atoms with Crippen LogP contribution in [0.2, 0.25) is 0 Å². The van der Waals surface area contributed by atoms with Crippen LogP contribution in [0.25, 0.3) is 0 Å². The Bertz CT molecular complexity index is 403. The van der Waals surface area contributed by atoms with E-state index in [1.807, 2.05) is 0 Å². The highest BCUT2D eigenvalue weighted by Crippen LogP contribution is 2.33. The van der Waals surface area contributed by atoms with Gasteiger partial charge < -0.3 is 4.74 Å². The summed E-state index contributed by atoms with van der Waals surface area (Å²) in [5, 5.41) is 10.6. The van der Waals surface area contributed by atoms with Crippen molar-refractivity contribution in [1.82, 2.24) is 0 Å². The number of hydrogen-bond acceptors (Lipinski definition) is 3. The lowest BCUT2D eigenvalue weighted by atomic mass is 10.1. The number of hydrogen-bond donors (Lipinski definition) is 0. The molecule has 0 aromatic heterocycles. The van der Waals surface area contributed by atoms with E-state index in [4.69, 9.17) is 0 Å². The molecular formula is C9H8F3NO3. The van der Waals surface area contributed by atoms with Crippen LogP contribution in [0.1, 0.15) is 11.1 Å². The van der Waals surface area contributed by atoms with Gasteiger partial charge in [0.05, 0.1) is 22.7 Å². The van der Waals surface area contributed by atoms with E-state index in [0.717, 1.165) is 12.1 Å². The fraction of sp³-hybridized carbons (Fsp3) is 0.333. The van der Waals surface area contributed by atoms with Gasteiger partial charge in [-0.2, -0.15) is 13.2 Å². The van der Waals surface area contributed by atoms with Crippen LogP contribution >= 0.6 is 0 Å². The lowest BCUT2D eigenvalue weighted by Gasteiger charge is -2.08. The first-order valence-corrected chi connectivity index (χ1v) is 4.19. The molecule has 4 nitrogen and oxygen atoms in total. The zero-order valence-electron chi connectivity index (χ0n) is 8.25. The summed E-state index contributed by atoms with van der Waals surface area (Å²) in [6.45, 7) is -0.103. The Morgan fingerprint density at radius 3 is 2.50 bits per heavy atom. The van der Waals surface area contributed by atoms with Gasteiger partial charge in [-0.05, 0) is 12.1 Å². The van der Waals surface area contributed by atoms with Crippen LogP contribution in [0.3, 0.4) is 0 Å². The normalized spacial score (nSPS) is 11.5. The van der Waals surface area contributed by atoms with Gasteiger partial charge in [0.25, 0.3) is 5.69 Å². The number of ether oxygens (including phenoxy) is 1. The van der Waals surface area contributed by atoms with E-state index < -0.39 is 22.4 Å². The monoisotopic (exact) mass is 235 g/mol. The Hall–Kier alpha value is -1.63. The largest absolute Gasteiger partial charge is 0.416 e. The van der Waals surface area contributed by atoms with Crippen LogP contribution in [0.4, 0.5) is 18.9 Å². The van der Waals surface area contributed by atoms with Crippen molar-refractivity contribution in [3.63, 3.8) is 0 Å². The number of halogens is 3. The average Bonchev–Trinajstić information content (AvgIpc) is 2.16. The fourth-order valence-electron chi connectivity index (χ4n) is 1.19. The maximum Gasteiger partial charge on any atom is 0.416 e. The van der Waals surface area contributed by atoms with E-state index in [1.165, 1.54) is 7.11 Å². The molecule has 0 radical (unpaired) electrons. The molecule has 0 fully saturated rings. The summed E-state index contributed by atoms with van der Waals surface area (Å²) in [7, 11) is 1.31. The third-order valence-electron chi connectivity index (χ3n) is 1.91. The number of nitro groups is 1. The van der Waals surface area contributed by atoms with E-state index in [9.17, 15) is 23.3 Å². The summed E-state index contributed by atoms with van der Waals surface area (Å²) in [6.07, 6.45) is -4.59. The summed E-state index contributed by atoms with van der Waals surface area (Å²) in [5.41, 5.74) is -1.52. The SMILES string of the molecule is COCc1ccc(C(F)(F)F)cc1[N+](=O)[O-]. The Morgan fingerprint density at radius 1 is 1.44 bits per heavy atom. The summed E-state index contributed by atoms with van der Waals surface area (Å²) >= 11 is 0. The van der Waals surface area contributed by atoms with E-state index in [-0.39, 0.29) is 12.2 Å². The molecule has 1 rings (SSSR count). The van der Waals surface area contributed by atoms with Gasteiger partial charge in [-0.25, -0.2) is 0 Å². The van der Waals surface area contributed by atoms with Gasteiger partial charge >= 0.3 is 6.18 Å². The molecule has 1 aromatic carbocycles. The predicted octanol–water partition coefficient (Wildman–Crippen LogP) is 2.76. The Morgan fingerprint density at radius 2 is 2.06 bits per heavy atom. The van der Waals surface area contributed by atoms with Crippen molar-refractivity contribution in [2.45, 2.75) is 12.8 Å². The molecule has 0 saturated heterocycles. The molecule has 0 aliphatic heterocycles. The second-order valence-electron chi connectivity index (χ2n) is 3.03. The number of nitro benzene ring substituents is 1. The van der Waals surface area contributed by atoms with Crippen molar-refractivity contribution >= 4 is 5.69 Å². The molecule has 0 aliphatic rings. The van der Waals surface area contributed by atoms with Crippen LogP contribution in [0.5, 0.6) is 0 Å². The number of rotatable bonds is 3. The molecule has 7 heteroatoms. The molecule has 16 heavy (non-hydrogen) atoms. The van der Waals surface area contributed by atoms with Crippen molar-refractivity contribution in [3.8, 4) is 0 Å². The summed E-state index contributed by atoms with van der Waals surface area (Å²) in [6, 6.07) is 2.35. The summed E-state index contributed by atoms with van der Waals surface area (Å²) < 4.78 is 41.5. The molecule has 0 aliphatic carbocycles. The number of nitrogens with zero attached hydrogens (tertiary/aromatic N) is 1. The first kappa shape index (κ1) is 12.4. The van der Waals surface area contributed by atoms with E-state index in [2.05, 4.69) is 4.74 Å². The Labute approximate surface area is 88.8 Å². The van der Waals surface area contributed by atoms with Crippen LogP contribution in [-0.4, -0.2) is 12.0 Å². The van der Waals surface area contributed by atoms with Crippen LogP contribution in [0.15, 0.2) is 18.2 Å². The van der Waals surface area contributed by atoms with Gasteiger partial charge in [0.2, 0.25) is 0 Å². The summed E-state index contributed by atoms with van der Waals surface area (Å²) in [4.78, 5) is 9.70. The molecule has 0 N–H and O–H groups in total. The second kappa shape index (κ2) is 4.48. The van der Waals surface area contributed by atoms with E-state index >= 15 is 0 Å². The van der Waals surface area contributed by atoms with Gasteiger partial charge in [0, 0.05) is 13.2 Å². The van der Waals surface area contributed by atoms with Crippen LogP contribution in [-0.2, 0) is 17.5 Å². The molecule has 0 amide bonds. The zero-order valence-corrected chi connectivity index (χ0v) is 8.25. The van der Waals surface area contributed by atoms with Gasteiger partial charge in [-0.1, -0.05) is 0 Å². The zero-order chi connectivity index (χ0) is 12.3. The second-order valence-corrected chi connectivity index (χ2v) is 3.03. The van der Waals surface area contributed by atoms with Crippen LogP contribution in [0, 0.1) is 10.1 Å². The first-order valence-electron chi connectivity index (χ1n) is 4.19. The van der Waals surface area contributed by atoms with Crippen molar-refractivity contribution in [1.29, 1.82) is 0 Å². The predicted molar refractivity (Wildman–Crippen MR) is 48.8 cm³/mol. The fourth-order valence-corrected chi connectivity index (χ4v) is 1.19. The lowest BCUT2D eigenvalue weighted by molar-refractivity contribution is -0.386. The lowest BCUT2D eigenvalue weighted by Crippen LogP contribution is -2.07. The van der Waals surface area contributed by atoms with Gasteiger partial charge in [0.1, 0.15) is 0 Å². The number of benzene rings is 1. The van der Waals surface area contributed by atoms with Crippen molar-refractivity contribution in [2.24, 2.45) is 0 Å². The molecule has 0 unspecified atom stereocenters. The molecule has 88 valence electrons. The minimum absolute atomic E-state index is 0.103. The Kier molecular flexibility index (Phi) is 3.48. The smallest absolute Gasteiger partial charge is 0.380 e. The van der Waals surface area contributed by atoms with Crippen LogP contribution < -0.4 is 0 Å². The molecule has 0 saturated carbocycles. The first-order chi connectivity index (χ1) is 7.36. The topological polar surface area (TPSA) is 52.4 Å². The summed E-state index contributed by atoms with van der Waals surface area (Å²) in [5.74, 6) is 0. The molecule has 0 atom stereocenters. The van der Waals surface area contributed by atoms with E-state index in [0.29, 0.717) is 6.07 Å². The van der Waals surface area contributed by atoms with Gasteiger partial charge in [-0.3, -0.25) is 10.1 Å². The molecule has 0 bridgehead atoms. The number of methoxy groups -OCH3 is 1. The molecule has 1 aromatic rings. The average molecular weight is 235 g/mol. The van der Waals surface area contributed by atoms with Gasteiger partial charge in [-0.15, -0.1) is 0 Å². The van der Waals surface area contributed by atoms with Crippen molar-refractivity contribution in [2.75, 3.05) is 7.11 Å². The minimum atomic E-state index is -4.59.